The van der Waals surface area contributed by atoms with E-state index in [1.54, 1.807) is 24.4 Å². The highest BCUT2D eigenvalue weighted by atomic mass is 35.5. The van der Waals surface area contributed by atoms with Crippen LogP contribution in [-0.4, -0.2) is 9.78 Å². The molecule has 1 aromatic carbocycles. The number of benzene rings is 1. The Hall–Kier alpha value is -1.32. The maximum atomic E-state index is 11.7. The Bertz CT molecular complexity index is 573. The molecule has 2 aromatic rings. The lowest BCUT2D eigenvalue weighted by Gasteiger charge is -2.05. The zero-order valence-corrected chi connectivity index (χ0v) is 9.96. The zero-order valence-electron chi connectivity index (χ0n) is 8.45. The quantitative estimate of drug-likeness (QED) is 0.785. The van der Waals surface area contributed by atoms with E-state index in [1.165, 1.54) is 10.7 Å². The zero-order chi connectivity index (χ0) is 11.7. The summed E-state index contributed by atoms with van der Waals surface area (Å²) in [6, 6.07) is 6.38. The number of aryl methyl sites for hydroxylation is 1. The Kier molecular flexibility index (Phi) is 2.99. The monoisotopic (exact) mass is 254 g/mol. The van der Waals surface area contributed by atoms with Crippen molar-refractivity contribution in [2.45, 2.75) is 6.92 Å². The van der Waals surface area contributed by atoms with Crippen LogP contribution < -0.4 is 5.56 Å². The molecule has 0 fully saturated rings. The Morgan fingerprint density at radius 3 is 2.31 bits per heavy atom. The van der Waals surface area contributed by atoms with Gasteiger partial charge in [0.2, 0.25) is 0 Å². The van der Waals surface area contributed by atoms with Crippen LogP contribution in [0, 0.1) is 6.92 Å². The van der Waals surface area contributed by atoms with Gasteiger partial charge in [-0.25, -0.2) is 0 Å². The molecule has 0 spiro atoms. The number of halogens is 2. The summed E-state index contributed by atoms with van der Waals surface area (Å²) in [6.45, 7) is 1.81. The SMILES string of the molecule is Cc1cnn(-c2cc(Cl)cc(Cl)c2)c(=O)c1. The van der Waals surface area contributed by atoms with Crippen LogP contribution in [0.4, 0.5) is 0 Å². The van der Waals surface area contributed by atoms with Gasteiger partial charge in [-0.2, -0.15) is 9.78 Å². The molecule has 3 nitrogen and oxygen atoms in total. The molecule has 0 amide bonds. The first-order chi connectivity index (χ1) is 7.56. The number of hydrogen-bond acceptors (Lipinski definition) is 2. The fourth-order valence-corrected chi connectivity index (χ4v) is 1.87. The molecule has 0 bridgehead atoms. The summed E-state index contributed by atoms with van der Waals surface area (Å²) in [6.07, 6.45) is 1.61. The molecule has 0 atom stereocenters. The predicted molar refractivity (Wildman–Crippen MR) is 64.6 cm³/mol. The lowest BCUT2D eigenvalue weighted by molar-refractivity contribution is 0.800. The average molecular weight is 255 g/mol. The van der Waals surface area contributed by atoms with Crippen molar-refractivity contribution >= 4 is 23.2 Å². The van der Waals surface area contributed by atoms with Crippen LogP contribution in [0.1, 0.15) is 5.56 Å². The van der Waals surface area contributed by atoms with E-state index in [0.717, 1.165) is 5.56 Å². The Balaban J connectivity index is 2.63. The molecule has 0 aliphatic rings. The highest BCUT2D eigenvalue weighted by Gasteiger charge is 2.03. The molecular weight excluding hydrogens is 247 g/mol. The fourth-order valence-electron chi connectivity index (χ4n) is 1.35. The number of hydrogen-bond donors (Lipinski definition) is 0. The van der Waals surface area contributed by atoms with Crippen molar-refractivity contribution in [3.63, 3.8) is 0 Å². The van der Waals surface area contributed by atoms with E-state index in [0.29, 0.717) is 15.7 Å². The predicted octanol–water partition coefficient (Wildman–Crippen LogP) is 2.85. The van der Waals surface area contributed by atoms with Gasteiger partial charge >= 0.3 is 0 Å². The molecule has 0 N–H and O–H groups in total. The minimum atomic E-state index is -0.210. The standard InChI is InChI=1S/C11H8Cl2N2O/c1-7-2-11(16)15(14-6-7)10-4-8(12)3-9(13)5-10/h2-6H,1H3. The summed E-state index contributed by atoms with van der Waals surface area (Å²) in [5.41, 5.74) is 1.16. The van der Waals surface area contributed by atoms with Gasteiger partial charge in [0.15, 0.2) is 0 Å². The third kappa shape index (κ3) is 2.26. The summed E-state index contributed by atoms with van der Waals surface area (Å²) < 4.78 is 1.25. The van der Waals surface area contributed by atoms with Crippen LogP contribution in [-0.2, 0) is 0 Å². The van der Waals surface area contributed by atoms with Crippen LogP contribution in [0.2, 0.25) is 10.0 Å². The number of nitrogens with zero attached hydrogens (tertiary/aromatic N) is 2. The first-order valence-corrected chi connectivity index (χ1v) is 5.34. The van der Waals surface area contributed by atoms with Crippen molar-refractivity contribution in [1.82, 2.24) is 9.78 Å². The van der Waals surface area contributed by atoms with E-state index in [-0.39, 0.29) is 5.56 Å². The minimum Gasteiger partial charge on any atom is -0.267 e. The molecule has 2 rings (SSSR count). The van der Waals surface area contributed by atoms with E-state index in [4.69, 9.17) is 23.2 Å². The van der Waals surface area contributed by atoms with Gasteiger partial charge in [0.05, 0.1) is 11.9 Å². The van der Waals surface area contributed by atoms with Gasteiger partial charge < -0.3 is 0 Å². The highest BCUT2D eigenvalue weighted by molar-refractivity contribution is 6.34. The molecule has 0 saturated carbocycles. The smallest absolute Gasteiger partial charge is 0.267 e. The van der Waals surface area contributed by atoms with Gasteiger partial charge in [0, 0.05) is 16.1 Å². The second kappa shape index (κ2) is 4.28. The lowest BCUT2D eigenvalue weighted by atomic mass is 10.3. The third-order valence-corrected chi connectivity index (χ3v) is 2.47. The maximum Gasteiger partial charge on any atom is 0.271 e. The van der Waals surface area contributed by atoms with Crippen LogP contribution >= 0.6 is 23.2 Å². The summed E-state index contributed by atoms with van der Waals surface area (Å²) in [7, 11) is 0. The molecule has 5 heteroatoms. The van der Waals surface area contributed by atoms with E-state index < -0.39 is 0 Å². The molecule has 0 aliphatic heterocycles. The van der Waals surface area contributed by atoms with Gasteiger partial charge in [-0.3, -0.25) is 4.79 Å². The van der Waals surface area contributed by atoms with Crippen molar-refractivity contribution in [3.8, 4) is 5.69 Å². The molecule has 16 heavy (non-hydrogen) atoms. The topological polar surface area (TPSA) is 34.9 Å². The average Bonchev–Trinajstić information content (AvgIpc) is 2.15. The molecule has 82 valence electrons. The summed E-state index contributed by atoms with van der Waals surface area (Å²) in [5.74, 6) is 0. The largest absolute Gasteiger partial charge is 0.271 e. The normalized spacial score (nSPS) is 10.4. The van der Waals surface area contributed by atoms with Crippen LogP contribution in [0.15, 0.2) is 35.3 Å². The van der Waals surface area contributed by atoms with Crippen LogP contribution in [0.3, 0.4) is 0 Å². The van der Waals surface area contributed by atoms with Crippen molar-refractivity contribution in [2.75, 3.05) is 0 Å². The second-order valence-electron chi connectivity index (χ2n) is 3.41. The van der Waals surface area contributed by atoms with Gasteiger partial charge in [-0.05, 0) is 30.7 Å². The molecule has 0 radical (unpaired) electrons. The number of rotatable bonds is 1. The van der Waals surface area contributed by atoms with E-state index >= 15 is 0 Å². The first-order valence-electron chi connectivity index (χ1n) is 4.59. The second-order valence-corrected chi connectivity index (χ2v) is 4.28. The molecule has 0 saturated heterocycles. The maximum absolute atomic E-state index is 11.7. The van der Waals surface area contributed by atoms with Crippen molar-refractivity contribution in [3.05, 3.63) is 56.4 Å². The molecule has 1 aromatic heterocycles. The lowest BCUT2D eigenvalue weighted by Crippen LogP contribution is -2.20. The summed E-state index contributed by atoms with van der Waals surface area (Å²) >= 11 is 11.7. The van der Waals surface area contributed by atoms with E-state index in [2.05, 4.69) is 5.10 Å². The Morgan fingerprint density at radius 1 is 1.12 bits per heavy atom. The van der Waals surface area contributed by atoms with Crippen molar-refractivity contribution < 1.29 is 0 Å². The van der Waals surface area contributed by atoms with Crippen LogP contribution in [0.5, 0.6) is 0 Å². The van der Waals surface area contributed by atoms with Crippen molar-refractivity contribution in [2.24, 2.45) is 0 Å². The Labute approximate surface area is 102 Å². The van der Waals surface area contributed by atoms with Crippen LogP contribution in [0.25, 0.3) is 5.69 Å². The molecule has 1 heterocycles. The summed E-state index contributed by atoms with van der Waals surface area (Å²) in [4.78, 5) is 11.7. The van der Waals surface area contributed by atoms with E-state index in [1.807, 2.05) is 6.92 Å². The van der Waals surface area contributed by atoms with Crippen molar-refractivity contribution in [1.29, 1.82) is 0 Å². The highest BCUT2D eigenvalue weighted by Crippen LogP contribution is 2.20. The molecule has 0 unspecified atom stereocenters. The van der Waals surface area contributed by atoms with Gasteiger partial charge in [0.1, 0.15) is 0 Å². The third-order valence-electron chi connectivity index (χ3n) is 2.03. The fraction of sp³-hybridized carbons (Fsp3) is 0.0909. The molecular formula is C11H8Cl2N2O. The number of aromatic nitrogens is 2. The first kappa shape index (κ1) is 11.2. The van der Waals surface area contributed by atoms with Gasteiger partial charge in [0.25, 0.3) is 5.56 Å². The van der Waals surface area contributed by atoms with Gasteiger partial charge in [-0.1, -0.05) is 23.2 Å². The van der Waals surface area contributed by atoms with E-state index in [9.17, 15) is 4.79 Å². The summed E-state index contributed by atoms with van der Waals surface area (Å²) in [5, 5.41) is 4.96. The minimum absolute atomic E-state index is 0.210. The molecule has 0 aliphatic carbocycles. The van der Waals surface area contributed by atoms with Gasteiger partial charge in [-0.15, -0.1) is 0 Å². The Morgan fingerprint density at radius 2 is 1.75 bits per heavy atom.